The van der Waals surface area contributed by atoms with E-state index in [1.807, 2.05) is 25.1 Å². The normalized spacial score (nSPS) is 24.4. The minimum absolute atomic E-state index is 0.0719. The van der Waals surface area contributed by atoms with Gasteiger partial charge in [0, 0.05) is 23.5 Å². The summed E-state index contributed by atoms with van der Waals surface area (Å²) in [4.78, 5) is 15.2. The lowest BCUT2D eigenvalue weighted by Crippen LogP contribution is -2.62. The predicted molar refractivity (Wildman–Crippen MR) is 112 cm³/mol. The summed E-state index contributed by atoms with van der Waals surface area (Å²) in [6.45, 7) is 5.37. The van der Waals surface area contributed by atoms with Crippen molar-refractivity contribution in [2.75, 3.05) is 32.9 Å². The van der Waals surface area contributed by atoms with E-state index in [1.165, 1.54) is 11.1 Å². The number of likely N-dealkylation sites (tertiary alicyclic amines) is 1. The van der Waals surface area contributed by atoms with Gasteiger partial charge in [-0.3, -0.25) is 9.69 Å². The third-order valence-electron chi connectivity index (χ3n) is 6.08. The first-order valence-electron chi connectivity index (χ1n) is 9.94. The number of ether oxygens (including phenoxy) is 2. The van der Waals surface area contributed by atoms with Crippen molar-refractivity contribution in [3.63, 3.8) is 0 Å². The summed E-state index contributed by atoms with van der Waals surface area (Å²) >= 11 is 3.61. The maximum Gasteiger partial charge on any atom is 0.309 e. The molecule has 2 heterocycles. The summed E-state index contributed by atoms with van der Waals surface area (Å²) in [7, 11) is 0. The zero-order valence-corrected chi connectivity index (χ0v) is 17.7. The number of rotatable bonds is 5. The van der Waals surface area contributed by atoms with Gasteiger partial charge in [-0.15, -0.1) is 0 Å². The van der Waals surface area contributed by atoms with Crippen molar-refractivity contribution in [3.05, 3.63) is 70.2 Å². The van der Waals surface area contributed by atoms with Gasteiger partial charge < -0.3 is 9.47 Å². The van der Waals surface area contributed by atoms with Crippen LogP contribution in [0, 0.1) is 5.92 Å². The molecule has 0 bridgehead atoms. The van der Waals surface area contributed by atoms with Gasteiger partial charge in [-0.05, 0) is 36.6 Å². The van der Waals surface area contributed by atoms with Gasteiger partial charge in [-0.25, -0.2) is 0 Å². The fraction of sp³-hybridized carbons (Fsp3) is 0.435. The zero-order valence-electron chi connectivity index (χ0n) is 16.1. The number of carbonyl (C=O) groups excluding carboxylic acids is 1. The molecule has 0 aliphatic carbocycles. The van der Waals surface area contributed by atoms with E-state index < -0.39 is 0 Å². The Kier molecular flexibility index (Phi) is 5.85. The highest BCUT2D eigenvalue weighted by atomic mass is 79.9. The molecule has 2 saturated heterocycles. The molecule has 2 aliphatic heterocycles. The van der Waals surface area contributed by atoms with Gasteiger partial charge in [-0.2, -0.15) is 0 Å². The lowest BCUT2D eigenvalue weighted by atomic mass is 9.76. The first kappa shape index (κ1) is 19.6. The highest BCUT2D eigenvalue weighted by Gasteiger charge is 2.49. The molecule has 28 heavy (non-hydrogen) atoms. The van der Waals surface area contributed by atoms with Gasteiger partial charge in [0.1, 0.15) is 0 Å². The Morgan fingerprint density at radius 1 is 1.21 bits per heavy atom. The SMILES string of the molecule is CCOC(=O)[C@@H]1CCN(C2(c3cccc(Br)c3)COC2)C[C@H]1c1ccccc1. The molecule has 2 atom stereocenters. The van der Waals surface area contributed by atoms with E-state index in [2.05, 4.69) is 57.2 Å². The molecular formula is C23H26BrNO3. The standard InChI is InChI=1S/C23H26BrNO3/c1-2-28-22(26)20-11-12-25(14-21(20)17-7-4-3-5-8-17)23(15-27-16-23)18-9-6-10-19(24)13-18/h3-10,13,20-21H,2,11-12,14-16H2,1H3/t20-,21+/m1/s1. The summed E-state index contributed by atoms with van der Waals surface area (Å²) in [5.74, 6) is -0.0462. The lowest BCUT2D eigenvalue weighted by Gasteiger charge is -2.53. The highest BCUT2D eigenvalue weighted by molar-refractivity contribution is 9.10. The van der Waals surface area contributed by atoms with Gasteiger partial charge in [0.15, 0.2) is 0 Å². The number of carbonyl (C=O) groups is 1. The fourth-order valence-corrected chi connectivity index (χ4v) is 4.91. The maximum atomic E-state index is 12.7. The van der Waals surface area contributed by atoms with E-state index in [9.17, 15) is 4.79 Å². The van der Waals surface area contributed by atoms with E-state index in [0.717, 1.165) is 24.0 Å². The monoisotopic (exact) mass is 443 g/mol. The minimum Gasteiger partial charge on any atom is -0.466 e. The third-order valence-corrected chi connectivity index (χ3v) is 6.57. The Labute approximate surface area is 175 Å². The Morgan fingerprint density at radius 2 is 2.00 bits per heavy atom. The van der Waals surface area contributed by atoms with Crippen molar-refractivity contribution in [1.29, 1.82) is 0 Å². The quantitative estimate of drug-likeness (QED) is 0.644. The van der Waals surface area contributed by atoms with Crippen molar-refractivity contribution in [3.8, 4) is 0 Å². The molecule has 2 aliphatic rings. The Balaban J connectivity index is 1.64. The smallest absolute Gasteiger partial charge is 0.309 e. The molecule has 0 amide bonds. The molecule has 0 aromatic heterocycles. The molecule has 0 N–H and O–H groups in total. The molecule has 0 unspecified atom stereocenters. The first-order valence-corrected chi connectivity index (χ1v) is 10.7. The summed E-state index contributed by atoms with van der Waals surface area (Å²) in [5, 5.41) is 0. The zero-order chi connectivity index (χ0) is 19.6. The molecular weight excluding hydrogens is 418 g/mol. The lowest BCUT2D eigenvalue weighted by molar-refractivity contribution is -0.166. The molecule has 4 nitrogen and oxygen atoms in total. The molecule has 0 radical (unpaired) electrons. The molecule has 4 rings (SSSR count). The third kappa shape index (κ3) is 3.63. The minimum atomic E-state index is -0.115. The maximum absolute atomic E-state index is 12.7. The van der Waals surface area contributed by atoms with Crippen molar-refractivity contribution in [2.45, 2.75) is 24.8 Å². The van der Waals surface area contributed by atoms with E-state index in [4.69, 9.17) is 9.47 Å². The van der Waals surface area contributed by atoms with Gasteiger partial charge in [-0.1, -0.05) is 58.4 Å². The first-order chi connectivity index (χ1) is 13.6. The van der Waals surface area contributed by atoms with Crippen LogP contribution in [0.15, 0.2) is 59.1 Å². The van der Waals surface area contributed by atoms with Gasteiger partial charge >= 0.3 is 5.97 Å². The number of piperidine rings is 1. The van der Waals surface area contributed by atoms with Crippen LogP contribution < -0.4 is 0 Å². The highest BCUT2D eigenvalue weighted by Crippen LogP contribution is 2.43. The van der Waals surface area contributed by atoms with Crippen LogP contribution in [-0.2, 0) is 19.8 Å². The number of hydrogen-bond acceptors (Lipinski definition) is 4. The van der Waals surface area contributed by atoms with Crippen molar-refractivity contribution >= 4 is 21.9 Å². The van der Waals surface area contributed by atoms with Crippen molar-refractivity contribution < 1.29 is 14.3 Å². The number of hydrogen-bond donors (Lipinski definition) is 0. The molecule has 2 aromatic carbocycles. The fourth-order valence-electron chi connectivity index (χ4n) is 4.52. The van der Waals surface area contributed by atoms with Gasteiger partial charge in [0.05, 0.1) is 31.3 Å². The molecule has 0 spiro atoms. The van der Waals surface area contributed by atoms with Gasteiger partial charge in [0.2, 0.25) is 0 Å². The van der Waals surface area contributed by atoms with Crippen LogP contribution in [0.1, 0.15) is 30.4 Å². The van der Waals surface area contributed by atoms with Crippen LogP contribution >= 0.6 is 15.9 Å². The Morgan fingerprint density at radius 3 is 2.64 bits per heavy atom. The Bertz CT molecular complexity index is 822. The molecule has 5 heteroatoms. The summed E-state index contributed by atoms with van der Waals surface area (Å²) in [6, 6.07) is 18.9. The van der Waals surface area contributed by atoms with E-state index in [1.54, 1.807) is 0 Å². The largest absolute Gasteiger partial charge is 0.466 e. The summed E-state index contributed by atoms with van der Waals surface area (Å²) in [6.07, 6.45) is 0.800. The van der Waals surface area contributed by atoms with Crippen LogP contribution in [0.4, 0.5) is 0 Å². The Hall–Kier alpha value is -1.69. The number of nitrogens with zero attached hydrogens (tertiary/aromatic N) is 1. The van der Waals surface area contributed by atoms with Crippen molar-refractivity contribution in [1.82, 2.24) is 4.90 Å². The average Bonchev–Trinajstić information content (AvgIpc) is 2.68. The van der Waals surface area contributed by atoms with Gasteiger partial charge in [0.25, 0.3) is 0 Å². The predicted octanol–water partition coefficient (Wildman–Crippen LogP) is 4.34. The van der Waals surface area contributed by atoms with Crippen LogP contribution in [0.5, 0.6) is 0 Å². The van der Waals surface area contributed by atoms with E-state index in [-0.39, 0.29) is 23.3 Å². The van der Waals surface area contributed by atoms with E-state index in [0.29, 0.717) is 19.8 Å². The second-order valence-corrected chi connectivity index (χ2v) is 8.56. The molecule has 2 fully saturated rings. The summed E-state index contributed by atoms with van der Waals surface area (Å²) in [5.41, 5.74) is 2.36. The number of halogens is 1. The van der Waals surface area contributed by atoms with Crippen LogP contribution in [-0.4, -0.2) is 43.8 Å². The summed E-state index contributed by atoms with van der Waals surface area (Å²) < 4.78 is 12.2. The van der Waals surface area contributed by atoms with Crippen LogP contribution in [0.25, 0.3) is 0 Å². The average molecular weight is 444 g/mol. The van der Waals surface area contributed by atoms with Crippen LogP contribution in [0.2, 0.25) is 0 Å². The van der Waals surface area contributed by atoms with E-state index >= 15 is 0 Å². The molecule has 2 aromatic rings. The molecule has 148 valence electrons. The second kappa shape index (κ2) is 8.36. The topological polar surface area (TPSA) is 38.8 Å². The number of benzene rings is 2. The second-order valence-electron chi connectivity index (χ2n) is 7.65. The molecule has 0 saturated carbocycles. The van der Waals surface area contributed by atoms with Crippen molar-refractivity contribution in [2.24, 2.45) is 5.92 Å². The van der Waals surface area contributed by atoms with Crippen LogP contribution in [0.3, 0.4) is 0 Å². The number of esters is 1.